The van der Waals surface area contributed by atoms with Crippen LogP contribution in [0.5, 0.6) is 0 Å². The van der Waals surface area contributed by atoms with Crippen molar-refractivity contribution in [1.82, 2.24) is 0 Å². The number of thiophene rings is 1. The van der Waals surface area contributed by atoms with Gasteiger partial charge in [-0.3, -0.25) is 4.79 Å². The topological polar surface area (TPSA) is 17.1 Å². The lowest BCUT2D eigenvalue weighted by Crippen LogP contribution is -1.72. The number of carbonyl (C=O) groups is 1. The van der Waals surface area contributed by atoms with Crippen LogP contribution in [0.1, 0.15) is 15.2 Å². The molecule has 0 aliphatic rings. The van der Waals surface area contributed by atoms with Crippen molar-refractivity contribution in [1.29, 1.82) is 0 Å². The maximum atomic E-state index is 10.7. The molecule has 0 fully saturated rings. The Bertz CT molecular complexity index is 473. The van der Waals surface area contributed by atoms with Crippen LogP contribution < -0.4 is 0 Å². The molecule has 3 heteroatoms. The van der Waals surface area contributed by atoms with Crippen LogP contribution in [0.4, 0.5) is 0 Å². The molecule has 2 aromatic rings. The van der Waals surface area contributed by atoms with E-state index in [-0.39, 0.29) is 0 Å². The van der Waals surface area contributed by atoms with Crippen LogP contribution in [0.2, 0.25) is 0 Å². The van der Waals surface area contributed by atoms with Gasteiger partial charge in [-0.2, -0.15) is 0 Å². The number of halogens is 1. The van der Waals surface area contributed by atoms with E-state index >= 15 is 0 Å². The second-order valence-corrected chi connectivity index (χ2v) is 4.77. The highest BCUT2D eigenvalue weighted by Crippen LogP contribution is 2.34. The van der Waals surface area contributed by atoms with Gasteiger partial charge in [-0.1, -0.05) is 11.6 Å². The summed E-state index contributed by atoms with van der Waals surface area (Å²) >= 11 is 4.94. The Morgan fingerprint density at radius 1 is 1.46 bits per heavy atom. The molecule has 1 nitrogen and oxygen atoms in total. The van der Waals surface area contributed by atoms with E-state index in [4.69, 9.17) is 0 Å². The minimum absolute atomic E-state index is 0.764. The zero-order valence-electron chi connectivity index (χ0n) is 7.00. The zero-order valence-corrected chi connectivity index (χ0v) is 9.41. The van der Waals surface area contributed by atoms with E-state index in [0.29, 0.717) is 0 Å². The van der Waals surface area contributed by atoms with E-state index in [0.717, 1.165) is 25.7 Å². The third kappa shape index (κ3) is 1.42. The highest BCUT2D eigenvalue weighted by Gasteiger charge is 2.08. The molecule has 1 aromatic carbocycles. The molecule has 0 atom stereocenters. The quantitative estimate of drug-likeness (QED) is 0.708. The maximum absolute atomic E-state index is 10.7. The highest BCUT2D eigenvalue weighted by atomic mass is 79.9. The predicted octanol–water partition coefficient (Wildman–Crippen LogP) is 3.78. The molecule has 13 heavy (non-hydrogen) atoms. The van der Waals surface area contributed by atoms with Crippen LogP contribution in [0.3, 0.4) is 0 Å². The number of hydrogen-bond donors (Lipinski definition) is 0. The minimum Gasteiger partial charge on any atom is -0.297 e. The largest absolute Gasteiger partial charge is 0.297 e. The standard InChI is InChI=1S/C10H7BrOS/c1-6-2-3-8-7(4-6)10(11)9(5-12)13-8/h2-5H,1H3. The summed E-state index contributed by atoms with van der Waals surface area (Å²) in [5, 5.41) is 1.13. The molecule has 1 heterocycles. The lowest BCUT2D eigenvalue weighted by atomic mass is 10.2. The second-order valence-electron chi connectivity index (χ2n) is 2.90. The van der Waals surface area contributed by atoms with Crippen molar-refractivity contribution < 1.29 is 4.79 Å². The third-order valence-electron chi connectivity index (χ3n) is 1.91. The molecular formula is C10H7BrOS. The molecular weight excluding hydrogens is 248 g/mol. The van der Waals surface area contributed by atoms with Gasteiger partial charge in [-0.05, 0) is 35.0 Å². The summed E-state index contributed by atoms with van der Waals surface area (Å²) in [5.41, 5.74) is 1.21. The van der Waals surface area contributed by atoms with Crippen molar-refractivity contribution in [2.45, 2.75) is 6.92 Å². The molecule has 1 aromatic heterocycles. The van der Waals surface area contributed by atoms with Crippen LogP contribution in [-0.2, 0) is 0 Å². The Labute approximate surface area is 88.5 Å². The first-order valence-electron chi connectivity index (χ1n) is 3.86. The van der Waals surface area contributed by atoms with Crippen molar-refractivity contribution in [2.75, 3.05) is 0 Å². The Morgan fingerprint density at radius 3 is 2.92 bits per heavy atom. The summed E-state index contributed by atoms with van der Waals surface area (Å²) in [4.78, 5) is 11.4. The van der Waals surface area contributed by atoms with E-state index in [2.05, 4.69) is 28.1 Å². The fourth-order valence-electron chi connectivity index (χ4n) is 1.28. The molecule has 0 saturated heterocycles. The SMILES string of the molecule is Cc1ccc2sc(C=O)c(Br)c2c1. The average Bonchev–Trinajstić information content (AvgIpc) is 2.44. The van der Waals surface area contributed by atoms with E-state index in [9.17, 15) is 4.79 Å². The molecule has 0 aliphatic heterocycles. The van der Waals surface area contributed by atoms with Gasteiger partial charge in [0.1, 0.15) is 0 Å². The Hall–Kier alpha value is -0.670. The number of aldehydes is 1. The van der Waals surface area contributed by atoms with E-state index < -0.39 is 0 Å². The third-order valence-corrected chi connectivity index (χ3v) is 4.13. The summed E-state index contributed by atoms with van der Waals surface area (Å²) in [6.07, 6.45) is 0.893. The van der Waals surface area contributed by atoms with Crippen molar-refractivity contribution >= 4 is 43.6 Å². The van der Waals surface area contributed by atoms with Gasteiger partial charge < -0.3 is 0 Å². The molecule has 0 aliphatic carbocycles. The maximum Gasteiger partial charge on any atom is 0.161 e. The first kappa shape index (κ1) is 8.91. The number of benzene rings is 1. The number of fused-ring (bicyclic) bond motifs is 1. The minimum atomic E-state index is 0.764. The summed E-state index contributed by atoms with van der Waals surface area (Å²) in [6, 6.07) is 6.19. The molecule has 0 N–H and O–H groups in total. The van der Waals surface area contributed by atoms with Gasteiger partial charge in [-0.25, -0.2) is 0 Å². The second kappa shape index (κ2) is 3.24. The average molecular weight is 255 g/mol. The van der Waals surface area contributed by atoms with Crippen LogP contribution in [-0.4, -0.2) is 6.29 Å². The normalized spacial score (nSPS) is 10.6. The van der Waals surface area contributed by atoms with Crippen molar-refractivity contribution in [3.8, 4) is 0 Å². The molecule has 0 unspecified atom stereocenters. The summed E-state index contributed by atoms with van der Waals surface area (Å²) < 4.78 is 2.07. The van der Waals surface area contributed by atoms with Gasteiger partial charge in [0.25, 0.3) is 0 Å². The van der Waals surface area contributed by atoms with Gasteiger partial charge in [0.15, 0.2) is 6.29 Å². The molecule has 2 rings (SSSR count). The van der Waals surface area contributed by atoms with Gasteiger partial charge in [0.2, 0.25) is 0 Å². The molecule has 66 valence electrons. The zero-order chi connectivity index (χ0) is 9.42. The first-order valence-corrected chi connectivity index (χ1v) is 5.47. The van der Waals surface area contributed by atoms with Crippen molar-refractivity contribution in [3.63, 3.8) is 0 Å². The Kier molecular flexibility index (Phi) is 2.22. The predicted molar refractivity (Wildman–Crippen MR) is 59.6 cm³/mol. The molecule has 0 spiro atoms. The lowest BCUT2D eigenvalue weighted by molar-refractivity contribution is 0.112. The first-order chi connectivity index (χ1) is 6.22. The van der Waals surface area contributed by atoms with E-state index in [1.54, 1.807) is 0 Å². The Balaban J connectivity index is 2.84. The summed E-state index contributed by atoms with van der Waals surface area (Å²) in [5.74, 6) is 0. The monoisotopic (exact) mass is 254 g/mol. The van der Waals surface area contributed by atoms with Crippen LogP contribution in [0.25, 0.3) is 10.1 Å². The van der Waals surface area contributed by atoms with Crippen molar-refractivity contribution in [2.24, 2.45) is 0 Å². The number of aryl methyl sites for hydroxylation is 1. The fourth-order valence-corrected chi connectivity index (χ4v) is 2.96. The number of hydrogen-bond acceptors (Lipinski definition) is 2. The molecule has 0 bridgehead atoms. The van der Waals surface area contributed by atoms with Crippen LogP contribution in [0, 0.1) is 6.92 Å². The van der Waals surface area contributed by atoms with Crippen molar-refractivity contribution in [3.05, 3.63) is 33.1 Å². The fraction of sp³-hybridized carbons (Fsp3) is 0.100. The molecule has 0 radical (unpaired) electrons. The Morgan fingerprint density at radius 2 is 2.23 bits per heavy atom. The van der Waals surface area contributed by atoms with Crippen LogP contribution in [0.15, 0.2) is 22.7 Å². The van der Waals surface area contributed by atoms with Gasteiger partial charge in [0, 0.05) is 14.6 Å². The number of rotatable bonds is 1. The molecule has 0 saturated carbocycles. The van der Waals surface area contributed by atoms with Gasteiger partial charge in [-0.15, -0.1) is 11.3 Å². The lowest BCUT2D eigenvalue weighted by Gasteiger charge is -1.92. The van der Waals surface area contributed by atoms with Gasteiger partial charge in [0.05, 0.1) is 4.88 Å². The summed E-state index contributed by atoms with van der Waals surface area (Å²) in [7, 11) is 0. The van der Waals surface area contributed by atoms with Gasteiger partial charge >= 0.3 is 0 Å². The van der Waals surface area contributed by atoms with E-state index in [1.807, 2.05) is 13.0 Å². The molecule has 0 amide bonds. The van der Waals surface area contributed by atoms with E-state index in [1.165, 1.54) is 16.9 Å². The smallest absolute Gasteiger partial charge is 0.161 e. The highest BCUT2D eigenvalue weighted by molar-refractivity contribution is 9.10. The van der Waals surface area contributed by atoms with Crippen LogP contribution >= 0.6 is 27.3 Å². The number of carbonyl (C=O) groups excluding carboxylic acids is 1. The summed E-state index contributed by atoms with van der Waals surface area (Å²) in [6.45, 7) is 2.05.